The molecule has 0 atom stereocenters. The number of carbonyl (C=O) groups is 2. The van der Waals surface area contributed by atoms with E-state index in [4.69, 9.17) is 18.3 Å². The second-order valence-electron chi connectivity index (χ2n) is 5.19. The van der Waals surface area contributed by atoms with E-state index in [1.807, 2.05) is 0 Å². The highest BCUT2D eigenvalue weighted by atomic mass is 31.2. The molecule has 22 heavy (non-hydrogen) atoms. The third-order valence-corrected chi connectivity index (χ3v) is 4.50. The first-order valence-electron chi connectivity index (χ1n) is 6.66. The summed E-state index contributed by atoms with van der Waals surface area (Å²) in [5, 5.41) is 0. The summed E-state index contributed by atoms with van der Waals surface area (Å²) in [7, 11) is 0.101. The number of rotatable bonds is 4. The molecule has 2 bridgehead atoms. The average molecular weight is 326 g/mol. The van der Waals surface area contributed by atoms with Crippen LogP contribution in [0.1, 0.15) is 20.7 Å². The Balaban J connectivity index is 1.59. The summed E-state index contributed by atoms with van der Waals surface area (Å²) < 4.78 is 26.0. The molecule has 0 amide bonds. The van der Waals surface area contributed by atoms with Crippen molar-refractivity contribution in [3.8, 4) is 0 Å². The zero-order valence-corrected chi connectivity index (χ0v) is 12.8. The highest BCUT2D eigenvalue weighted by Crippen LogP contribution is 2.53. The quantitative estimate of drug-likeness (QED) is 0.617. The molecule has 0 saturated carbocycles. The lowest BCUT2D eigenvalue weighted by molar-refractivity contribution is -0.0999. The highest BCUT2D eigenvalue weighted by molar-refractivity contribution is 7.41. The van der Waals surface area contributed by atoms with Crippen molar-refractivity contribution in [2.75, 3.05) is 33.5 Å². The highest BCUT2D eigenvalue weighted by Gasteiger charge is 2.45. The molecule has 3 aliphatic rings. The van der Waals surface area contributed by atoms with E-state index in [1.54, 1.807) is 0 Å². The standard InChI is InChI=1S/C14H15O7P/c1-17-12(15)10-2-4-11(5-3-10)13(16)18-6-14-7-19-22(20-8-14)21-9-14/h2-5H,6-9H2,1H3. The van der Waals surface area contributed by atoms with Crippen LogP contribution in [-0.2, 0) is 23.0 Å². The maximum Gasteiger partial charge on any atom is 0.338 e. The number of hydrogen-bond acceptors (Lipinski definition) is 7. The Morgan fingerprint density at radius 2 is 1.55 bits per heavy atom. The molecule has 1 aromatic carbocycles. The van der Waals surface area contributed by atoms with Crippen molar-refractivity contribution in [1.29, 1.82) is 0 Å². The van der Waals surface area contributed by atoms with Gasteiger partial charge in [-0.05, 0) is 24.3 Å². The summed E-state index contributed by atoms with van der Waals surface area (Å²) in [5.74, 6) is -0.921. The largest absolute Gasteiger partial charge is 0.465 e. The van der Waals surface area contributed by atoms with Gasteiger partial charge in [0, 0.05) is 0 Å². The molecule has 3 fully saturated rings. The van der Waals surface area contributed by atoms with Gasteiger partial charge >= 0.3 is 20.5 Å². The van der Waals surface area contributed by atoms with E-state index in [9.17, 15) is 9.59 Å². The Morgan fingerprint density at radius 3 is 2.05 bits per heavy atom. The second kappa shape index (κ2) is 6.30. The van der Waals surface area contributed by atoms with Gasteiger partial charge in [-0.15, -0.1) is 0 Å². The zero-order chi connectivity index (χ0) is 15.6. The van der Waals surface area contributed by atoms with E-state index < -0.39 is 26.0 Å². The van der Waals surface area contributed by atoms with Crippen LogP contribution in [0, 0.1) is 5.41 Å². The van der Waals surface area contributed by atoms with Gasteiger partial charge in [0.2, 0.25) is 0 Å². The summed E-state index contributed by atoms with van der Waals surface area (Å²) in [6.07, 6.45) is 0. The number of benzene rings is 1. The molecular formula is C14H15O7P. The molecule has 1 aromatic rings. The Labute approximate surface area is 128 Å². The van der Waals surface area contributed by atoms with E-state index in [0.29, 0.717) is 30.9 Å². The van der Waals surface area contributed by atoms with Crippen LogP contribution in [0.25, 0.3) is 0 Å². The van der Waals surface area contributed by atoms with Gasteiger partial charge in [0.15, 0.2) is 0 Å². The molecule has 3 saturated heterocycles. The van der Waals surface area contributed by atoms with Crippen molar-refractivity contribution in [1.82, 2.24) is 0 Å². The number of carbonyl (C=O) groups excluding carboxylic acids is 2. The fourth-order valence-corrected chi connectivity index (χ4v) is 3.45. The fraction of sp³-hybridized carbons (Fsp3) is 0.429. The molecule has 0 radical (unpaired) electrons. The maximum absolute atomic E-state index is 12.1. The van der Waals surface area contributed by atoms with Crippen molar-refractivity contribution in [2.45, 2.75) is 0 Å². The minimum absolute atomic E-state index is 0.160. The SMILES string of the molecule is COC(=O)c1ccc(C(=O)OCC23COP(OC2)OC3)cc1. The summed E-state index contributed by atoms with van der Waals surface area (Å²) in [6, 6.07) is 6.09. The van der Waals surface area contributed by atoms with Gasteiger partial charge in [-0.3, -0.25) is 0 Å². The predicted octanol–water partition coefficient (Wildman–Crippen LogP) is 1.92. The maximum atomic E-state index is 12.1. The molecular weight excluding hydrogens is 311 g/mol. The monoisotopic (exact) mass is 326 g/mol. The lowest BCUT2D eigenvalue weighted by atomic mass is 9.92. The normalized spacial score (nSPS) is 26.5. The summed E-state index contributed by atoms with van der Waals surface area (Å²) >= 11 is 0. The van der Waals surface area contributed by atoms with Gasteiger partial charge in [-0.2, -0.15) is 0 Å². The Bertz CT molecular complexity index is 549. The van der Waals surface area contributed by atoms with Crippen LogP contribution >= 0.6 is 8.60 Å². The lowest BCUT2D eigenvalue weighted by Crippen LogP contribution is -2.47. The molecule has 0 aliphatic carbocycles. The van der Waals surface area contributed by atoms with Crippen LogP contribution in [0.4, 0.5) is 0 Å². The number of hydrogen-bond donors (Lipinski definition) is 0. The Kier molecular flexibility index (Phi) is 4.40. The molecule has 118 valence electrons. The van der Waals surface area contributed by atoms with Crippen molar-refractivity contribution < 1.29 is 32.6 Å². The van der Waals surface area contributed by atoms with Gasteiger partial charge in [0.25, 0.3) is 0 Å². The van der Waals surface area contributed by atoms with Crippen molar-refractivity contribution in [2.24, 2.45) is 5.41 Å². The molecule has 4 rings (SSSR count). The van der Waals surface area contributed by atoms with Gasteiger partial charge in [0.05, 0.1) is 43.5 Å². The van der Waals surface area contributed by atoms with Gasteiger partial charge in [-0.25, -0.2) is 9.59 Å². The van der Waals surface area contributed by atoms with Crippen molar-refractivity contribution in [3.63, 3.8) is 0 Å². The molecule has 3 aliphatic heterocycles. The zero-order valence-electron chi connectivity index (χ0n) is 11.9. The lowest BCUT2D eigenvalue weighted by Gasteiger charge is -2.43. The Morgan fingerprint density at radius 1 is 1.05 bits per heavy atom. The second-order valence-corrected chi connectivity index (χ2v) is 6.41. The summed E-state index contributed by atoms with van der Waals surface area (Å²) in [6.45, 7) is 1.56. The van der Waals surface area contributed by atoms with Gasteiger partial charge in [0.1, 0.15) is 6.61 Å². The van der Waals surface area contributed by atoms with Crippen LogP contribution in [0.3, 0.4) is 0 Å². The first-order valence-corrected chi connectivity index (χ1v) is 7.76. The fourth-order valence-electron chi connectivity index (χ4n) is 2.09. The number of methoxy groups -OCH3 is 1. The van der Waals surface area contributed by atoms with Crippen molar-refractivity contribution in [3.05, 3.63) is 35.4 Å². The third-order valence-electron chi connectivity index (χ3n) is 3.48. The van der Waals surface area contributed by atoms with Crippen LogP contribution in [-0.4, -0.2) is 45.5 Å². The molecule has 0 unspecified atom stereocenters. The topological polar surface area (TPSA) is 80.3 Å². The van der Waals surface area contributed by atoms with E-state index in [2.05, 4.69) is 4.74 Å². The van der Waals surface area contributed by atoms with Crippen molar-refractivity contribution >= 4 is 20.5 Å². The smallest absolute Gasteiger partial charge is 0.338 e. The molecule has 3 heterocycles. The molecule has 0 N–H and O–H groups in total. The van der Waals surface area contributed by atoms with Crippen LogP contribution in [0.2, 0.25) is 0 Å². The predicted molar refractivity (Wildman–Crippen MR) is 75.3 cm³/mol. The average Bonchev–Trinajstić information content (AvgIpc) is 2.61. The third kappa shape index (κ3) is 3.13. The van der Waals surface area contributed by atoms with E-state index in [1.165, 1.54) is 31.4 Å². The Hall–Kier alpha value is -1.53. The first-order chi connectivity index (χ1) is 10.6. The van der Waals surface area contributed by atoms with E-state index in [0.717, 1.165) is 0 Å². The molecule has 0 spiro atoms. The van der Waals surface area contributed by atoms with E-state index >= 15 is 0 Å². The minimum atomic E-state index is -1.20. The van der Waals surface area contributed by atoms with Gasteiger partial charge in [-0.1, -0.05) is 0 Å². The first kappa shape index (κ1) is 15.4. The van der Waals surface area contributed by atoms with Gasteiger partial charge < -0.3 is 23.0 Å². The minimum Gasteiger partial charge on any atom is -0.465 e. The van der Waals surface area contributed by atoms with Crippen LogP contribution < -0.4 is 0 Å². The van der Waals surface area contributed by atoms with E-state index in [-0.39, 0.29) is 6.61 Å². The van der Waals surface area contributed by atoms with Crippen LogP contribution in [0.15, 0.2) is 24.3 Å². The summed E-state index contributed by atoms with van der Waals surface area (Å²) in [5.41, 5.74) is 0.306. The summed E-state index contributed by atoms with van der Waals surface area (Å²) in [4.78, 5) is 23.4. The number of ether oxygens (including phenoxy) is 2. The molecule has 8 heteroatoms. The molecule has 0 aromatic heterocycles. The number of esters is 2. The molecule has 7 nitrogen and oxygen atoms in total. The van der Waals surface area contributed by atoms with Crippen LogP contribution in [0.5, 0.6) is 0 Å². The number of fused-ring (bicyclic) bond motifs is 3.